The zero-order valence-electron chi connectivity index (χ0n) is 11.1. The van der Waals surface area contributed by atoms with Gasteiger partial charge in [0.1, 0.15) is 0 Å². The van der Waals surface area contributed by atoms with Crippen LogP contribution < -0.4 is 5.32 Å². The monoisotopic (exact) mass is 239 g/mol. The molecule has 4 nitrogen and oxygen atoms in total. The second-order valence-corrected chi connectivity index (χ2v) is 5.43. The van der Waals surface area contributed by atoms with Crippen LogP contribution in [-0.2, 0) is 0 Å². The van der Waals surface area contributed by atoms with Crippen LogP contribution in [0, 0.1) is 5.92 Å². The SMILES string of the molecule is CCCC1CN(CCC2CCNC2)C(=O)N1C. The quantitative estimate of drug-likeness (QED) is 0.789. The van der Waals surface area contributed by atoms with E-state index in [4.69, 9.17) is 0 Å². The Kier molecular flexibility index (Phi) is 4.26. The van der Waals surface area contributed by atoms with Crippen molar-refractivity contribution in [1.82, 2.24) is 15.1 Å². The predicted molar refractivity (Wildman–Crippen MR) is 69.0 cm³/mol. The zero-order valence-corrected chi connectivity index (χ0v) is 11.1. The standard InChI is InChI=1S/C13H25N3O/c1-3-4-12-10-16(13(17)15(12)2)8-6-11-5-7-14-9-11/h11-12,14H,3-10H2,1-2H3. The molecule has 2 rings (SSSR count). The molecule has 2 fully saturated rings. The Labute approximate surface area is 104 Å². The van der Waals surface area contributed by atoms with Gasteiger partial charge in [0.2, 0.25) is 0 Å². The van der Waals surface area contributed by atoms with Gasteiger partial charge in [-0.15, -0.1) is 0 Å². The second kappa shape index (κ2) is 5.71. The van der Waals surface area contributed by atoms with E-state index in [1.807, 2.05) is 16.8 Å². The lowest BCUT2D eigenvalue weighted by molar-refractivity contribution is 0.193. The average Bonchev–Trinajstić information content (AvgIpc) is 2.91. The first-order valence-corrected chi connectivity index (χ1v) is 6.94. The van der Waals surface area contributed by atoms with E-state index in [0.717, 1.165) is 51.4 Å². The fraction of sp³-hybridized carbons (Fsp3) is 0.923. The van der Waals surface area contributed by atoms with E-state index < -0.39 is 0 Å². The molecule has 2 unspecified atom stereocenters. The highest BCUT2D eigenvalue weighted by molar-refractivity contribution is 5.76. The number of rotatable bonds is 5. The highest BCUT2D eigenvalue weighted by Crippen LogP contribution is 2.20. The van der Waals surface area contributed by atoms with Crippen LogP contribution >= 0.6 is 0 Å². The van der Waals surface area contributed by atoms with Crippen LogP contribution in [0.25, 0.3) is 0 Å². The molecule has 0 saturated carbocycles. The highest BCUT2D eigenvalue weighted by Gasteiger charge is 2.33. The highest BCUT2D eigenvalue weighted by atomic mass is 16.2. The minimum Gasteiger partial charge on any atom is -0.323 e. The molecule has 2 saturated heterocycles. The molecule has 0 aromatic heterocycles. The first-order valence-electron chi connectivity index (χ1n) is 6.94. The molecule has 17 heavy (non-hydrogen) atoms. The Balaban J connectivity index is 1.78. The van der Waals surface area contributed by atoms with Crippen LogP contribution in [0.2, 0.25) is 0 Å². The van der Waals surface area contributed by atoms with Crippen LogP contribution in [0.4, 0.5) is 4.79 Å². The smallest absolute Gasteiger partial charge is 0.320 e. The fourth-order valence-electron chi connectivity index (χ4n) is 2.94. The number of likely N-dealkylation sites (N-methyl/N-ethyl adjacent to an activating group) is 1. The number of carbonyl (C=O) groups excluding carboxylic acids is 1. The molecule has 2 aliphatic heterocycles. The van der Waals surface area contributed by atoms with E-state index >= 15 is 0 Å². The van der Waals surface area contributed by atoms with Gasteiger partial charge in [0, 0.05) is 20.1 Å². The Morgan fingerprint density at radius 2 is 2.24 bits per heavy atom. The van der Waals surface area contributed by atoms with Crippen LogP contribution in [-0.4, -0.2) is 55.1 Å². The third kappa shape index (κ3) is 2.92. The van der Waals surface area contributed by atoms with Crippen molar-refractivity contribution in [2.24, 2.45) is 5.92 Å². The normalized spacial score (nSPS) is 29.4. The molecule has 0 aromatic rings. The molecule has 2 amide bonds. The summed E-state index contributed by atoms with van der Waals surface area (Å²) in [5.74, 6) is 0.776. The van der Waals surface area contributed by atoms with E-state index in [1.165, 1.54) is 6.42 Å². The van der Waals surface area contributed by atoms with Gasteiger partial charge < -0.3 is 15.1 Å². The molecular weight excluding hydrogens is 214 g/mol. The van der Waals surface area contributed by atoms with E-state index in [0.29, 0.717) is 6.04 Å². The third-order valence-corrected chi connectivity index (χ3v) is 4.14. The van der Waals surface area contributed by atoms with Gasteiger partial charge in [-0.25, -0.2) is 4.79 Å². The molecular formula is C13H25N3O. The maximum atomic E-state index is 12.0. The summed E-state index contributed by atoms with van der Waals surface area (Å²) in [5, 5.41) is 3.38. The van der Waals surface area contributed by atoms with Gasteiger partial charge in [0.25, 0.3) is 0 Å². The van der Waals surface area contributed by atoms with Crippen LogP contribution in [0.3, 0.4) is 0 Å². The van der Waals surface area contributed by atoms with Gasteiger partial charge in [-0.3, -0.25) is 0 Å². The predicted octanol–water partition coefficient (Wildman–Crippen LogP) is 1.52. The van der Waals surface area contributed by atoms with Crippen LogP contribution in [0.15, 0.2) is 0 Å². The van der Waals surface area contributed by atoms with E-state index in [-0.39, 0.29) is 6.03 Å². The Bertz CT molecular complexity index is 263. The summed E-state index contributed by atoms with van der Waals surface area (Å²) < 4.78 is 0. The van der Waals surface area contributed by atoms with Crippen molar-refractivity contribution in [1.29, 1.82) is 0 Å². The maximum Gasteiger partial charge on any atom is 0.320 e. The second-order valence-electron chi connectivity index (χ2n) is 5.43. The number of hydrogen-bond acceptors (Lipinski definition) is 2. The lowest BCUT2D eigenvalue weighted by atomic mass is 10.0. The number of nitrogens with zero attached hydrogens (tertiary/aromatic N) is 2. The van der Waals surface area contributed by atoms with E-state index in [2.05, 4.69) is 12.2 Å². The molecule has 0 radical (unpaired) electrons. The van der Waals surface area contributed by atoms with Crippen molar-refractivity contribution in [3.63, 3.8) is 0 Å². The molecule has 0 aromatic carbocycles. The number of carbonyl (C=O) groups is 1. The molecule has 0 spiro atoms. The van der Waals surface area contributed by atoms with Gasteiger partial charge in [-0.2, -0.15) is 0 Å². The number of nitrogens with one attached hydrogen (secondary N) is 1. The van der Waals surface area contributed by atoms with Crippen molar-refractivity contribution in [2.45, 2.75) is 38.6 Å². The van der Waals surface area contributed by atoms with Gasteiger partial charge in [0.15, 0.2) is 0 Å². The minimum absolute atomic E-state index is 0.231. The van der Waals surface area contributed by atoms with E-state index in [1.54, 1.807) is 0 Å². The van der Waals surface area contributed by atoms with Crippen molar-refractivity contribution in [2.75, 3.05) is 33.2 Å². The summed E-state index contributed by atoms with van der Waals surface area (Å²) in [5.41, 5.74) is 0. The fourth-order valence-corrected chi connectivity index (χ4v) is 2.94. The van der Waals surface area contributed by atoms with E-state index in [9.17, 15) is 4.79 Å². The van der Waals surface area contributed by atoms with Gasteiger partial charge in [0.05, 0.1) is 6.04 Å². The average molecular weight is 239 g/mol. The lowest BCUT2D eigenvalue weighted by Gasteiger charge is -2.17. The summed E-state index contributed by atoms with van der Waals surface area (Å²) in [4.78, 5) is 16.0. The topological polar surface area (TPSA) is 35.6 Å². The van der Waals surface area contributed by atoms with Gasteiger partial charge in [-0.1, -0.05) is 13.3 Å². The molecule has 2 heterocycles. The molecule has 2 atom stereocenters. The van der Waals surface area contributed by atoms with Crippen LogP contribution in [0.1, 0.15) is 32.6 Å². The molecule has 0 aliphatic carbocycles. The zero-order chi connectivity index (χ0) is 12.3. The number of hydrogen-bond donors (Lipinski definition) is 1. The van der Waals surface area contributed by atoms with Crippen molar-refractivity contribution in [3.8, 4) is 0 Å². The lowest BCUT2D eigenvalue weighted by Crippen LogP contribution is -2.32. The van der Waals surface area contributed by atoms with Crippen LogP contribution in [0.5, 0.6) is 0 Å². The third-order valence-electron chi connectivity index (χ3n) is 4.14. The van der Waals surface area contributed by atoms with Crippen molar-refractivity contribution < 1.29 is 4.79 Å². The Hall–Kier alpha value is -0.770. The largest absolute Gasteiger partial charge is 0.323 e. The number of urea groups is 1. The Morgan fingerprint density at radius 3 is 2.88 bits per heavy atom. The first-order chi connectivity index (χ1) is 8.22. The van der Waals surface area contributed by atoms with Gasteiger partial charge >= 0.3 is 6.03 Å². The summed E-state index contributed by atoms with van der Waals surface area (Å²) in [6.45, 7) is 6.34. The first kappa shape index (κ1) is 12.7. The molecule has 1 N–H and O–H groups in total. The summed E-state index contributed by atoms with van der Waals surface area (Å²) in [6, 6.07) is 0.670. The number of amides is 2. The molecule has 98 valence electrons. The summed E-state index contributed by atoms with van der Waals surface area (Å²) in [7, 11) is 1.94. The summed E-state index contributed by atoms with van der Waals surface area (Å²) >= 11 is 0. The summed E-state index contributed by atoms with van der Waals surface area (Å²) in [6.07, 6.45) is 4.72. The Morgan fingerprint density at radius 1 is 1.41 bits per heavy atom. The molecule has 0 bridgehead atoms. The molecule has 2 aliphatic rings. The van der Waals surface area contributed by atoms with Gasteiger partial charge in [-0.05, 0) is 38.3 Å². The van der Waals surface area contributed by atoms with Crippen molar-refractivity contribution >= 4 is 6.03 Å². The maximum absolute atomic E-state index is 12.0. The minimum atomic E-state index is 0.231. The van der Waals surface area contributed by atoms with Crippen molar-refractivity contribution in [3.05, 3.63) is 0 Å². The molecule has 4 heteroatoms.